The van der Waals surface area contributed by atoms with Gasteiger partial charge in [-0.15, -0.1) is 0 Å². The molecule has 0 spiro atoms. The van der Waals surface area contributed by atoms with Crippen molar-refractivity contribution in [1.29, 1.82) is 0 Å². The van der Waals surface area contributed by atoms with E-state index in [0.717, 1.165) is 23.5 Å². The van der Waals surface area contributed by atoms with Gasteiger partial charge in [0.15, 0.2) is 5.13 Å². The van der Waals surface area contributed by atoms with Crippen LogP contribution in [0, 0.1) is 0 Å². The van der Waals surface area contributed by atoms with E-state index in [4.69, 9.17) is 15.2 Å². The summed E-state index contributed by atoms with van der Waals surface area (Å²) in [7, 11) is 3.10. The van der Waals surface area contributed by atoms with Gasteiger partial charge >= 0.3 is 0 Å². The van der Waals surface area contributed by atoms with Gasteiger partial charge in [0.1, 0.15) is 10.1 Å². The van der Waals surface area contributed by atoms with E-state index < -0.39 is 0 Å². The molecule has 0 unspecified atom stereocenters. The van der Waals surface area contributed by atoms with Crippen LogP contribution in [0.3, 0.4) is 0 Å². The summed E-state index contributed by atoms with van der Waals surface area (Å²) in [6.45, 7) is 2.77. The molecule has 1 aliphatic rings. The lowest BCUT2D eigenvalue weighted by atomic mass is 10.3. The van der Waals surface area contributed by atoms with Crippen molar-refractivity contribution in [3.63, 3.8) is 0 Å². The molecule has 3 heterocycles. The predicted molar refractivity (Wildman–Crippen MR) is 110 cm³/mol. The van der Waals surface area contributed by atoms with Gasteiger partial charge in [0.05, 0.1) is 36.3 Å². The monoisotopic (exact) mass is 454 g/mol. The number of fused-ring (bicyclic) bond motifs is 1. The number of halogens is 1. The van der Waals surface area contributed by atoms with Crippen molar-refractivity contribution in [2.45, 2.75) is 0 Å². The van der Waals surface area contributed by atoms with Crippen molar-refractivity contribution in [2.75, 3.05) is 50.7 Å². The van der Waals surface area contributed by atoms with Crippen molar-refractivity contribution in [3.8, 4) is 5.88 Å². The Morgan fingerprint density at radius 2 is 2.19 bits per heavy atom. The SMILES string of the molecule is CN=CC(=CN)C(=O)Nc1nc2c(OC)nc(Br)c(N3CCOCC3)c2s1. The first-order valence-corrected chi connectivity index (χ1v) is 9.72. The summed E-state index contributed by atoms with van der Waals surface area (Å²) >= 11 is 4.88. The number of methoxy groups -OCH3 is 1. The van der Waals surface area contributed by atoms with Crippen LogP contribution in [-0.4, -0.2) is 62.6 Å². The second-order valence-electron chi connectivity index (χ2n) is 5.52. The predicted octanol–water partition coefficient (Wildman–Crippen LogP) is 1.78. The molecule has 9 nitrogen and oxygen atoms in total. The topological polar surface area (TPSA) is 115 Å². The number of aromatic nitrogens is 2. The zero-order valence-corrected chi connectivity index (χ0v) is 17.3. The van der Waals surface area contributed by atoms with Crippen LogP contribution >= 0.6 is 27.3 Å². The molecule has 27 heavy (non-hydrogen) atoms. The van der Waals surface area contributed by atoms with Crippen LogP contribution < -0.4 is 20.7 Å². The highest BCUT2D eigenvalue weighted by Crippen LogP contribution is 2.42. The van der Waals surface area contributed by atoms with Gasteiger partial charge in [-0.3, -0.25) is 15.1 Å². The molecular formula is C16H19BrN6O3S. The molecule has 3 rings (SSSR count). The lowest BCUT2D eigenvalue weighted by molar-refractivity contribution is -0.112. The van der Waals surface area contributed by atoms with E-state index >= 15 is 0 Å². The van der Waals surface area contributed by atoms with E-state index in [2.05, 4.69) is 41.1 Å². The summed E-state index contributed by atoms with van der Waals surface area (Å²) in [5.41, 5.74) is 7.24. The van der Waals surface area contributed by atoms with E-state index in [1.54, 1.807) is 7.05 Å². The van der Waals surface area contributed by atoms with Gasteiger partial charge in [-0.2, -0.15) is 0 Å². The number of nitrogens with zero attached hydrogens (tertiary/aromatic N) is 4. The molecule has 11 heteroatoms. The summed E-state index contributed by atoms with van der Waals surface area (Å²) in [4.78, 5) is 27.3. The molecular weight excluding hydrogens is 436 g/mol. The quantitative estimate of drug-likeness (QED) is 0.401. The van der Waals surface area contributed by atoms with Crippen LogP contribution in [0.1, 0.15) is 0 Å². The van der Waals surface area contributed by atoms with E-state index in [1.165, 1.54) is 30.9 Å². The number of nitrogens with one attached hydrogen (secondary N) is 1. The lowest BCUT2D eigenvalue weighted by Gasteiger charge is -2.29. The molecule has 0 saturated carbocycles. The smallest absolute Gasteiger partial charge is 0.260 e. The summed E-state index contributed by atoms with van der Waals surface area (Å²) in [6, 6.07) is 0. The Bertz CT molecular complexity index is 907. The van der Waals surface area contributed by atoms with Gasteiger partial charge < -0.3 is 20.1 Å². The van der Waals surface area contributed by atoms with Crippen molar-refractivity contribution in [3.05, 3.63) is 16.4 Å². The molecule has 1 saturated heterocycles. The summed E-state index contributed by atoms with van der Waals surface area (Å²) in [5, 5.41) is 3.18. The number of thiazole rings is 1. The maximum atomic E-state index is 12.4. The minimum Gasteiger partial charge on any atom is -0.479 e. The highest BCUT2D eigenvalue weighted by atomic mass is 79.9. The van der Waals surface area contributed by atoms with Crippen molar-refractivity contribution in [1.82, 2.24) is 9.97 Å². The zero-order chi connectivity index (χ0) is 19.4. The molecule has 2 aromatic heterocycles. The average molecular weight is 455 g/mol. The number of rotatable bonds is 5. The van der Waals surface area contributed by atoms with E-state index in [0.29, 0.717) is 34.3 Å². The number of ether oxygens (including phenoxy) is 2. The number of aliphatic imine (C=N–C) groups is 1. The number of anilines is 2. The summed E-state index contributed by atoms with van der Waals surface area (Å²) in [5.74, 6) is -0.00332. The highest BCUT2D eigenvalue weighted by molar-refractivity contribution is 9.10. The van der Waals surface area contributed by atoms with Crippen molar-refractivity contribution in [2.24, 2.45) is 10.7 Å². The maximum absolute atomic E-state index is 12.4. The molecule has 2 aromatic rings. The second-order valence-corrected chi connectivity index (χ2v) is 7.27. The minimum atomic E-state index is -0.388. The van der Waals surface area contributed by atoms with Crippen LogP contribution in [-0.2, 0) is 9.53 Å². The van der Waals surface area contributed by atoms with Gasteiger partial charge in [0.25, 0.3) is 5.91 Å². The van der Waals surface area contributed by atoms with E-state index in [9.17, 15) is 4.79 Å². The van der Waals surface area contributed by atoms with E-state index in [1.807, 2.05) is 0 Å². The first-order chi connectivity index (χ1) is 13.1. The number of carbonyl (C=O) groups is 1. The van der Waals surface area contributed by atoms with Crippen LogP contribution in [0.4, 0.5) is 10.8 Å². The van der Waals surface area contributed by atoms with Crippen LogP contribution in [0.25, 0.3) is 10.2 Å². The molecule has 0 radical (unpaired) electrons. The maximum Gasteiger partial charge on any atom is 0.260 e. The number of carbonyl (C=O) groups excluding carboxylic acids is 1. The number of morpholine rings is 1. The molecule has 3 N–H and O–H groups in total. The van der Waals surface area contributed by atoms with Crippen LogP contribution in [0.5, 0.6) is 5.88 Å². The van der Waals surface area contributed by atoms with Gasteiger partial charge in [0, 0.05) is 32.6 Å². The Balaban J connectivity index is 2.03. The molecule has 144 valence electrons. The normalized spacial score (nSPS) is 15.5. The number of hydrogen-bond acceptors (Lipinski definition) is 9. The third-order valence-corrected chi connectivity index (χ3v) is 5.42. The number of hydrogen-bond donors (Lipinski definition) is 2. The van der Waals surface area contributed by atoms with Gasteiger partial charge in [-0.25, -0.2) is 9.97 Å². The molecule has 0 bridgehead atoms. The van der Waals surface area contributed by atoms with Crippen LogP contribution in [0.2, 0.25) is 0 Å². The summed E-state index contributed by atoms with van der Waals surface area (Å²) in [6.07, 6.45) is 2.59. The average Bonchev–Trinajstić information content (AvgIpc) is 3.09. The molecule has 1 fully saturated rings. The molecule has 0 aliphatic carbocycles. The third kappa shape index (κ3) is 4.04. The first-order valence-electron chi connectivity index (χ1n) is 8.11. The van der Waals surface area contributed by atoms with Crippen molar-refractivity contribution >= 4 is 60.4 Å². The Labute approximate surface area is 168 Å². The highest BCUT2D eigenvalue weighted by Gasteiger charge is 2.24. The van der Waals surface area contributed by atoms with Crippen molar-refractivity contribution < 1.29 is 14.3 Å². The fourth-order valence-corrected chi connectivity index (χ4v) is 4.42. The fraction of sp³-hybridized carbons (Fsp3) is 0.375. The minimum absolute atomic E-state index is 0.247. The van der Waals surface area contributed by atoms with Gasteiger partial charge in [-0.05, 0) is 15.9 Å². The van der Waals surface area contributed by atoms with Gasteiger partial charge in [-0.1, -0.05) is 11.3 Å². The first kappa shape index (κ1) is 19.5. The zero-order valence-electron chi connectivity index (χ0n) is 14.9. The van der Waals surface area contributed by atoms with Crippen LogP contribution in [0.15, 0.2) is 21.4 Å². The molecule has 0 atom stereocenters. The number of pyridine rings is 1. The Morgan fingerprint density at radius 3 is 2.81 bits per heavy atom. The molecule has 1 amide bonds. The standard InChI is InChI=1S/C16H19BrN6O3S/c1-19-8-9(7-18)14(24)22-16-20-10-12(27-16)11(13(17)21-15(10)25-2)23-3-5-26-6-4-23/h7-8H,3-6,18H2,1-2H3,(H,20,22,24). The van der Waals surface area contributed by atoms with E-state index in [-0.39, 0.29) is 11.5 Å². The Morgan fingerprint density at radius 1 is 1.44 bits per heavy atom. The van der Waals surface area contributed by atoms with Gasteiger partial charge in [0.2, 0.25) is 5.88 Å². The number of amides is 1. The Hall–Kier alpha value is -2.24. The fourth-order valence-electron chi connectivity index (χ4n) is 2.66. The summed E-state index contributed by atoms with van der Waals surface area (Å²) < 4.78 is 12.3. The molecule has 1 aliphatic heterocycles. The lowest BCUT2D eigenvalue weighted by Crippen LogP contribution is -2.36. The largest absolute Gasteiger partial charge is 0.479 e. The second kappa shape index (κ2) is 8.63. The number of nitrogens with two attached hydrogens (primary N) is 1. The third-order valence-electron chi connectivity index (χ3n) is 3.89. The Kier molecular flexibility index (Phi) is 6.24. The molecule has 0 aromatic carbocycles.